The first-order valence-electron chi connectivity index (χ1n) is 9.18. The van der Waals surface area contributed by atoms with Crippen molar-refractivity contribution in [3.63, 3.8) is 0 Å². The molecule has 3 rings (SSSR count). The minimum absolute atomic E-state index is 0.227. The van der Waals surface area contributed by atoms with Gasteiger partial charge in [0.15, 0.2) is 0 Å². The summed E-state index contributed by atoms with van der Waals surface area (Å²) in [6, 6.07) is 14.7. The van der Waals surface area contributed by atoms with Gasteiger partial charge in [-0.2, -0.15) is 0 Å². The predicted molar refractivity (Wildman–Crippen MR) is 112 cm³/mol. The Balaban J connectivity index is 1.96. The molecule has 1 aliphatic rings. The van der Waals surface area contributed by atoms with Crippen LogP contribution in [0.2, 0.25) is 0 Å². The number of amides is 3. The van der Waals surface area contributed by atoms with Crippen molar-refractivity contribution < 1.29 is 9.59 Å². The number of hydrogen-bond acceptors (Lipinski definition) is 3. The van der Waals surface area contributed by atoms with E-state index in [-0.39, 0.29) is 11.9 Å². The van der Waals surface area contributed by atoms with Gasteiger partial charge in [0, 0.05) is 38.2 Å². The van der Waals surface area contributed by atoms with Gasteiger partial charge >= 0.3 is 6.03 Å². The largest absolute Gasteiger partial charge is 0.378 e. The number of anilines is 2. The molecule has 1 heterocycles. The van der Waals surface area contributed by atoms with E-state index >= 15 is 0 Å². The zero-order valence-corrected chi connectivity index (χ0v) is 16.9. The second-order valence-electron chi connectivity index (χ2n) is 7.25. The van der Waals surface area contributed by atoms with Crippen molar-refractivity contribution in [3.8, 4) is 0 Å². The third kappa shape index (κ3) is 3.86. The molecule has 28 heavy (non-hydrogen) atoms. The van der Waals surface area contributed by atoms with Crippen molar-refractivity contribution in [2.75, 3.05) is 31.4 Å². The van der Waals surface area contributed by atoms with Crippen molar-refractivity contribution in [1.82, 2.24) is 10.2 Å². The van der Waals surface area contributed by atoms with Crippen LogP contribution >= 0.6 is 0 Å². The van der Waals surface area contributed by atoms with Crippen LogP contribution in [0.4, 0.5) is 16.2 Å². The molecule has 0 fully saturated rings. The Bertz CT molecular complexity index is 915. The van der Waals surface area contributed by atoms with E-state index in [0.29, 0.717) is 11.3 Å². The van der Waals surface area contributed by atoms with Gasteiger partial charge in [-0.3, -0.25) is 4.79 Å². The molecule has 0 aromatic heterocycles. The third-order valence-electron chi connectivity index (χ3n) is 5.05. The molecule has 0 saturated carbocycles. The lowest BCUT2D eigenvalue weighted by atomic mass is 9.94. The minimum atomic E-state index is -0.509. The van der Waals surface area contributed by atoms with Crippen LogP contribution in [0.3, 0.4) is 0 Å². The standard InChI is InChI=1S/C22H26N4O2/c1-14-6-10-17(11-7-14)23-21(27)19-15(2)26(5)22(28)24-20(19)16-8-12-18(13-9-16)25(3)4/h6-13,20H,1-5H3,(H,23,27)(H,24,28). The summed E-state index contributed by atoms with van der Waals surface area (Å²) in [4.78, 5) is 29.0. The number of rotatable bonds is 4. The summed E-state index contributed by atoms with van der Waals surface area (Å²) in [7, 11) is 5.60. The first kappa shape index (κ1) is 19.5. The molecule has 3 amide bonds. The average molecular weight is 378 g/mol. The Kier molecular flexibility index (Phi) is 5.40. The van der Waals surface area contributed by atoms with E-state index in [1.165, 1.54) is 4.90 Å². The highest BCUT2D eigenvalue weighted by Gasteiger charge is 2.34. The fourth-order valence-corrected chi connectivity index (χ4v) is 3.18. The number of nitrogens with one attached hydrogen (secondary N) is 2. The first-order valence-corrected chi connectivity index (χ1v) is 9.18. The molecular formula is C22H26N4O2. The molecule has 146 valence electrons. The van der Waals surface area contributed by atoms with Crippen molar-refractivity contribution in [2.45, 2.75) is 19.9 Å². The van der Waals surface area contributed by atoms with Gasteiger partial charge in [-0.1, -0.05) is 29.8 Å². The summed E-state index contributed by atoms with van der Waals surface area (Å²) in [5.74, 6) is -0.227. The Hall–Kier alpha value is -3.28. The normalized spacial score (nSPS) is 16.7. The van der Waals surface area contributed by atoms with E-state index in [9.17, 15) is 9.59 Å². The number of nitrogens with zero attached hydrogens (tertiary/aromatic N) is 2. The maximum absolute atomic E-state index is 13.1. The summed E-state index contributed by atoms with van der Waals surface area (Å²) < 4.78 is 0. The van der Waals surface area contributed by atoms with E-state index in [2.05, 4.69) is 10.6 Å². The molecule has 6 nitrogen and oxygen atoms in total. The van der Waals surface area contributed by atoms with Crippen molar-refractivity contribution in [2.24, 2.45) is 0 Å². The van der Waals surface area contributed by atoms with Crippen LogP contribution in [-0.4, -0.2) is 38.0 Å². The molecule has 0 aliphatic carbocycles. The molecule has 2 aromatic rings. The Morgan fingerprint density at radius 2 is 1.64 bits per heavy atom. The van der Waals surface area contributed by atoms with Crippen molar-refractivity contribution in [3.05, 3.63) is 70.9 Å². The second-order valence-corrected chi connectivity index (χ2v) is 7.25. The fraction of sp³-hybridized carbons (Fsp3) is 0.273. The summed E-state index contributed by atoms with van der Waals surface area (Å²) >= 11 is 0. The van der Waals surface area contributed by atoms with Crippen LogP contribution in [0.5, 0.6) is 0 Å². The van der Waals surface area contributed by atoms with Gasteiger partial charge in [0.25, 0.3) is 5.91 Å². The van der Waals surface area contributed by atoms with E-state index in [0.717, 1.165) is 22.5 Å². The molecule has 2 aromatic carbocycles. The second kappa shape index (κ2) is 7.76. The predicted octanol–water partition coefficient (Wildman–Crippen LogP) is 3.67. The summed E-state index contributed by atoms with van der Waals surface area (Å²) in [6.07, 6.45) is 0. The van der Waals surface area contributed by atoms with Gasteiger partial charge in [-0.25, -0.2) is 4.79 Å². The molecule has 0 saturated heterocycles. The molecule has 0 spiro atoms. The van der Waals surface area contributed by atoms with Gasteiger partial charge in [0.1, 0.15) is 0 Å². The molecular weight excluding hydrogens is 352 g/mol. The van der Waals surface area contributed by atoms with Gasteiger partial charge in [0.2, 0.25) is 0 Å². The van der Waals surface area contributed by atoms with Crippen molar-refractivity contribution >= 4 is 23.3 Å². The maximum atomic E-state index is 13.1. The Morgan fingerprint density at radius 3 is 2.21 bits per heavy atom. The summed E-state index contributed by atoms with van der Waals surface area (Å²) in [5.41, 5.74) is 4.92. The minimum Gasteiger partial charge on any atom is -0.378 e. The van der Waals surface area contributed by atoms with Crippen LogP contribution in [0.1, 0.15) is 24.1 Å². The lowest BCUT2D eigenvalue weighted by molar-refractivity contribution is -0.113. The quantitative estimate of drug-likeness (QED) is 0.853. The number of benzene rings is 2. The monoisotopic (exact) mass is 378 g/mol. The molecule has 1 atom stereocenters. The number of urea groups is 1. The van der Waals surface area contributed by atoms with E-state index in [4.69, 9.17) is 0 Å². The average Bonchev–Trinajstić information content (AvgIpc) is 2.67. The van der Waals surface area contributed by atoms with Gasteiger partial charge in [0.05, 0.1) is 11.6 Å². The van der Waals surface area contributed by atoms with Crippen LogP contribution in [0, 0.1) is 6.92 Å². The number of carbonyl (C=O) groups is 2. The zero-order valence-electron chi connectivity index (χ0n) is 16.9. The fourth-order valence-electron chi connectivity index (χ4n) is 3.18. The number of aryl methyl sites for hydroxylation is 1. The lowest BCUT2D eigenvalue weighted by Gasteiger charge is -2.33. The summed E-state index contributed by atoms with van der Waals surface area (Å²) in [6.45, 7) is 3.79. The molecule has 6 heteroatoms. The van der Waals surface area contributed by atoms with E-state index in [1.807, 2.05) is 74.4 Å². The van der Waals surface area contributed by atoms with Crippen molar-refractivity contribution in [1.29, 1.82) is 0 Å². The molecule has 2 N–H and O–H groups in total. The summed E-state index contributed by atoms with van der Waals surface area (Å²) in [5, 5.41) is 5.89. The first-order chi connectivity index (χ1) is 13.3. The highest BCUT2D eigenvalue weighted by molar-refractivity contribution is 6.06. The number of carbonyl (C=O) groups excluding carboxylic acids is 2. The Labute approximate surface area is 165 Å². The number of allylic oxidation sites excluding steroid dienone is 1. The molecule has 1 aliphatic heterocycles. The van der Waals surface area contributed by atoms with E-state index < -0.39 is 6.04 Å². The maximum Gasteiger partial charge on any atom is 0.322 e. The van der Waals surface area contributed by atoms with E-state index in [1.54, 1.807) is 14.0 Å². The highest BCUT2D eigenvalue weighted by Crippen LogP contribution is 2.31. The van der Waals surface area contributed by atoms with Gasteiger partial charge < -0.3 is 20.4 Å². The van der Waals surface area contributed by atoms with Crippen LogP contribution in [-0.2, 0) is 4.79 Å². The molecule has 1 unspecified atom stereocenters. The number of hydrogen-bond donors (Lipinski definition) is 2. The molecule has 0 bridgehead atoms. The highest BCUT2D eigenvalue weighted by atomic mass is 16.2. The SMILES string of the molecule is CC1=C(C(=O)Nc2ccc(C)cc2)C(c2ccc(N(C)C)cc2)NC(=O)N1C. The van der Waals surface area contributed by atoms with Crippen LogP contribution in [0.25, 0.3) is 0 Å². The smallest absolute Gasteiger partial charge is 0.322 e. The third-order valence-corrected chi connectivity index (χ3v) is 5.05. The van der Waals surface area contributed by atoms with Crippen LogP contribution in [0.15, 0.2) is 59.8 Å². The lowest BCUT2D eigenvalue weighted by Crippen LogP contribution is -2.46. The van der Waals surface area contributed by atoms with Gasteiger partial charge in [-0.05, 0) is 43.7 Å². The zero-order chi connectivity index (χ0) is 20.4. The Morgan fingerprint density at radius 1 is 1.04 bits per heavy atom. The molecule has 0 radical (unpaired) electrons. The van der Waals surface area contributed by atoms with Crippen LogP contribution < -0.4 is 15.5 Å². The van der Waals surface area contributed by atoms with Gasteiger partial charge in [-0.15, -0.1) is 0 Å². The topological polar surface area (TPSA) is 64.7 Å².